The molecule has 0 unspecified atom stereocenters. The number of rotatable bonds is 4. The van der Waals surface area contributed by atoms with Crippen molar-refractivity contribution in [2.45, 2.75) is 13.5 Å². The molecule has 1 aromatic rings. The van der Waals surface area contributed by atoms with Gasteiger partial charge in [-0.1, -0.05) is 23.8 Å². The van der Waals surface area contributed by atoms with Crippen LogP contribution in [-0.2, 0) is 6.54 Å². The molecule has 3 heteroatoms. The van der Waals surface area contributed by atoms with Crippen molar-refractivity contribution in [1.82, 2.24) is 5.32 Å². The average Bonchev–Trinajstić information content (AvgIpc) is 2.35. The Bertz CT molecular complexity index is 267. The predicted octanol–water partition coefficient (Wildman–Crippen LogP) is 3.07. The van der Waals surface area contributed by atoms with Gasteiger partial charge in [0, 0.05) is 23.3 Å². The highest BCUT2D eigenvalue weighted by Crippen LogP contribution is 2.18. The topological polar surface area (TPSA) is 12.0 Å². The maximum absolute atomic E-state index is 5.77. The normalized spacial score (nSPS) is 10.2. The smallest absolute Gasteiger partial charge is 0.0516 e. The number of nitrogens with one attached hydrogen (secondary N) is 1. The van der Waals surface area contributed by atoms with Crippen LogP contribution >= 0.6 is 22.9 Å². The van der Waals surface area contributed by atoms with Crippen molar-refractivity contribution in [3.63, 3.8) is 0 Å². The second kappa shape index (κ2) is 4.65. The highest BCUT2D eigenvalue weighted by Gasteiger charge is 1.96. The lowest BCUT2D eigenvalue weighted by Gasteiger charge is -2.00. The van der Waals surface area contributed by atoms with Gasteiger partial charge in [-0.15, -0.1) is 11.3 Å². The molecule has 0 amide bonds. The molecule has 0 atom stereocenters. The lowest BCUT2D eigenvalue weighted by Crippen LogP contribution is -2.14. The maximum atomic E-state index is 5.77. The molecule has 12 heavy (non-hydrogen) atoms. The van der Waals surface area contributed by atoms with E-state index in [-0.39, 0.29) is 0 Å². The number of thiophene rings is 1. The minimum Gasteiger partial charge on any atom is -0.308 e. The largest absolute Gasteiger partial charge is 0.308 e. The van der Waals surface area contributed by atoms with Gasteiger partial charge in [0.25, 0.3) is 0 Å². The third kappa shape index (κ3) is 3.39. The van der Waals surface area contributed by atoms with Gasteiger partial charge >= 0.3 is 0 Å². The van der Waals surface area contributed by atoms with E-state index in [0.717, 1.165) is 23.7 Å². The number of hydrogen-bond donors (Lipinski definition) is 1. The zero-order valence-corrected chi connectivity index (χ0v) is 8.63. The van der Waals surface area contributed by atoms with E-state index in [2.05, 4.69) is 11.9 Å². The maximum Gasteiger partial charge on any atom is 0.0516 e. The Kier molecular flexibility index (Phi) is 3.79. The fraction of sp³-hybridized carbons (Fsp3) is 0.333. The minimum atomic E-state index is 0.826. The summed E-state index contributed by atoms with van der Waals surface area (Å²) in [7, 11) is 0. The third-order valence-corrected chi connectivity index (χ3v) is 2.63. The highest BCUT2D eigenvalue weighted by atomic mass is 35.5. The van der Waals surface area contributed by atoms with Crippen LogP contribution in [0.1, 0.15) is 11.8 Å². The summed E-state index contributed by atoms with van der Waals surface area (Å²) in [6.45, 7) is 7.56. The van der Waals surface area contributed by atoms with E-state index in [1.807, 2.05) is 18.4 Å². The van der Waals surface area contributed by atoms with E-state index in [9.17, 15) is 0 Å². The van der Waals surface area contributed by atoms with Gasteiger partial charge in [-0.25, -0.2) is 0 Å². The Morgan fingerprint density at radius 2 is 2.50 bits per heavy atom. The van der Waals surface area contributed by atoms with Crippen LogP contribution in [0, 0.1) is 0 Å². The summed E-state index contributed by atoms with van der Waals surface area (Å²) in [4.78, 5) is 1.27. The Labute approximate surface area is 82.1 Å². The second-order valence-corrected chi connectivity index (χ2v) is 4.22. The first-order chi connectivity index (χ1) is 5.68. The summed E-state index contributed by atoms with van der Waals surface area (Å²) in [6.07, 6.45) is 0. The van der Waals surface area contributed by atoms with E-state index in [1.165, 1.54) is 4.88 Å². The van der Waals surface area contributed by atoms with Gasteiger partial charge in [-0.05, 0) is 13.0 Å². The first kappa shape index (κ1) is 9.78. The molecule has 0 saturated carbocycles. The van der Waals surface area contributed by atoms with Crippen molar-refractivity contribution >= 4 is 22.9 Å². The van der Waals surface area contributed by atoms with Crippen LogP contribution in [0.25, 0.3) is 0 Å². The molecule has 1 nitrogen and oxygen atoms in total. The Morgan fingerprint density at radius 3 is 3.00 bits per heavy atom. The molecule has 0 spiro atoms. The van der Waals surface area contributed by atoms with Gasteiger partial charge in [-0.3, -0.25) is 0 Å². The molecule has 1 rings (SSSR count). The van der Waals surface area contributed by atoms with Gasteiger partial charge in [0.15, 0.2) is 0 Å². The standard InChI is InChI=1S/C9H12ClNS/c1-7(2)4-11-5-9-3-8(10)6-12-9/h3,6,11H,1,4-5H2,2H3. The van der Waals surface area contributed by atoms with Gasteiger partial charge in [0.05, 0.1) is 5.02 Å². The predicted molar refractivity (Wildman–Crippen MR) is 55.8 cm³/mol. The van der Waals surface area contributed by atoms with Crippen LogP contribution in [-0.4, -0.2) is 6.54 Å². The van der Waals surface area contributed by atoms with Crippen molar-refractivity contribution < 1.29 is 0 Å². The Hall–Kier alpha value is -0.310. The average molecular weight is 202 g/mol. The molecule has 1 heterocycles. The summed E-state index contributed by atoms with van der Waals surface area (Å²) in [5.41, 5.74) is 1.15. The molecule has 0 fully saturated rings. The van der Waals surface area contributed by atoms with Crippen molar-refractivity contribution in [2.75, 3.05) is 6.54 Å². The zero-order valence-electron chi connectivity index (χ0n) is 7.06. The summed E-state index contributed by atoms with van der Waals surface area (Å²) >= 11 is 7.44. The molecule has 0 bridgehead atoms. The first-order valence-electron chi connectivity index (χ1n) is 3.76. The molecular formula is C9H12ClNS. The summed E-state index contributed by atoms with van der Waals surface area (Å²) in [5, 5.41) is 6.04. The monoisotopic (exact) mass is 201 g/mol. The van der Waals surface area contributed by atoms with Crippen LogP contribution in [0.5, 0.6) is 0 Å². The molecule has 1 N–H and O–H groups in total. The molecular weight excluding hydrogens is 190 g/mol. The van der Waals surface area contributed by atoms with E-state index >= 15 is 0 Å². The molecule has 0 aliphatic heterocycles. The summed E-state index contributed by atoms with van der Waals surface area (Å²) in [5.74, 6) is 0. The van der Waals surface area contributed by atoms with Crippen LogP contribution in [0.3, 0.4) is 0 Å². The van der Waals surface area contributed by atoms with Gasteiger partial charge in [-0.2, -0.15) is 0 Å². The Balaban J connectivity index is 2.29. The lowest BCUT2D eigenvalue weighted by molar-refractivity contribution is 0.750. The van der Waals surface area contributed by atoms with Crippen molar-refractivity contribution in [2.24, 2.45) is 0 Å². The van der Waals surface area contributed by atoms with Crippen molar-refractivity contribution in [3.05, 3.63) is 33.5 Å². The van der Waals surface area contributed by atoms with Crippen LogP contribution < -0.4 is 5.32 Å². The molecule has 0 aliphatic carbocycles. The van der Waals surface area contributed by atoms with Gasteiger partial charge in [0.1, 0.15) is 0 Å². The summed E-state index contributed by atoms with van der Waals surface area (Å²) < 4.78 is 0. The van der Waals surface area contributed by atoms with E-state index in [0.29, 0.717) is 0 Å². The molecule has 1 aromatic heterocycles. The lowest BCUT2D eigenvalue weighted by atomic mass is 10.3. The van der Waals surface area contributed by atoms with E-state index < -0.39 is 0 Å². The fourth-order valence-corrected chi connectivity index (χ4v) is 1.89. The zero-order chi connectivity index (χ0) is 8.97. The van der Waals surface area contributed by atoms with E-state index in [4.69, 9.17) is 11.6 Å². The third-order valence-electron chi connectivity index (χ3n) is 1.35. The summed E-state index contributed by atoms with van der Waals surface area (Å²) in [6, 6.07) is 1.98. The molecule has 0 aromatic carbocycles. The van der Waals surface area contributed by atoms with Gasteiger partial charge < -0.3 is 5.32 Å². The minimum absolute atomic E-state index is 0.826. The first-order valence-corrected chi connectivity index (χ1v) is 5.02. The molecule has 0 aliphatic rings. The quantitative estimate of drug-likeness (QED) is 0.739. The van der Waals surface area contributed by atoms with Crippen LogP contribution in [0.4, 0.5) is 0 Å². The number of hydrogen-bond acceptors (Lipinski definition) is 2. The molecule has 0 saturated heterocycles. The number of halogens is 1. The van der Waals surface area contributed by atoms with Crippen molar-refractivity contribution in [3.8, 4) is 0 Å². The van der Waals surface area contributed by atoms with Crippen LogP contribution in [0.15, 0.2) is 23.6 Å². The van der Waals surface area contributed by atoms with Crippen LogP contribution in [0.2, 0.25) is 5.02 Å². The second-order valence-electron chi connectivity index (χ2n) is 2.79. The SMILES string of the molecule is C=C(C)CNCc1cc(Cl)cs1. The van der Waals surface area contributed by atoms with Gasteiger partial charge in [0.2, 0.25) is 0 Å². The van der Waals surface area contributed by atoms with Crippen molar-refractivity contribution in [1.29, 1.82) is 0 Å². The fourth-order valence-electron chi connectivity index (χ4n) is 0.846. The molecule has 66 valence electrons. The van der Waals surface area contributed by atoms with E-state index in [1.54, 1.807) is 11.3 Å². The Morgan fingerprint density at radius 1 is 1.75 bits per heavy atom. The molecule has 0 radical (unpaired) electrons. The highest BCUT2D eigenvalue weighted by molar-refractivity contribution is 7.10.